The Bertz CT molecular complexity index is 513. The number of hydrogen-bond donors (Lipinski definition) is 3. The quantitative estimate of drug-likeness (QED) is 0.336. The van der Waals surface area contributed by atoms with Crippen molar-refractivity contribution in [3.63, 3.8) is 0 Å². The minimum absolute atomic E-state index is 0.325. The van der Waals surface area contributed by atoms with Crippen LogP contribution in [0.15, 0.2) is 17.0 Å². The summed E-state index contributed by atoms with van der Waals surface area (Å²) in [4.78, 5) is 2.62. The summed E-state index contributed by atoms with van der Waals surface area (Å²) in [5, 5.41) is 19.6. The molecule has 1 fully saturated rings. The zero-order chi connectivity index (χ0) is 13.3. The molecule has 0 aromatic heterocycles. The Kier molecular flexibility index (Phi) is 3.22. The highest BCUT2D eigenvalue weighted by Crippen LogP contribution is 2.46. The number of likely N-dealkylation sites (tertiary alicyclic amines) is 1. The van der Waals surface area contributed by atoms with Gasteiger partial charge in [0, 0.05) is 5.41 Å². The van der Waals surface area contributed by atoms with Gasteiger partial charge in [0.1, 0.15) is 10.8 Å². The minimum Gasteiger partial charge on any atom is -0.384 e. The molecular weight excluding hydrogens is 246 g/mol. The fourth-order valence-electron chi connectivity index (χ4n) is 2.69. The average molecular weight is 261 g/mol. The molecule has 94 valence electrons. The van der Waals surface area contributed by atoms with Crippen LogP contribution in [0.4, 0.5) is 0 Å². The third-order valence-electron chi connectivity index (χ3n) is 3.78. The predicted molar refractivity (Wildman–Crippen MR) is 73.0 cm³/mol. The van der Waals surface area contributed by atoms with Gasteiger partial charge in [0.15, 0.2) is 0 Å². The Balaban J connectivity index is 2.58. The molecule has 2 heterocycles. The van der Waals surface area contributed by atoms with E-state index in [9.17, 15) is 5.26 Å². The van der Waals surface area contributed by atoms with Crippen molar-refractivity contribution in [1.82, 2.24) is 10.2 Å². The molecule has 0 saturated carbocycles. The first-order chi connectivity index (χ1) is 8.55. The lowest BCUT2D eigenvalue weighted by Crippen LogP contribution is -2.49. The molecule has 2 aliphatic rings. The lowest BCUT2D eigenvalue weighted by Gasteiger charge is -2.43. The van der Waals surface area contributed by atoms with Crippen LogP contribution < -0.4 is 11.1 Å². The maximum absolute atomic E-state index is 9.36. The molecular formula is C12H15N5S. The van der Waals surface area contributed by atoms with Crippen molar-refractivity contribution >= 4 is 23.1 Å². The molecule has 0 radical (unpaired) electrons. The van der Waals surface area contributed by atoms with Gasteiger partial charge in [0.25, 0.3) is 0 Å². The first-order valence-electron chi connectivity index (χ1n) is 5.75. The normalized spacial score (nSPS) is 23.6. The van der Waals surface area contributed by atoms with Crippen molar-refractivity contribution in [1.29, 1.82) is 10.7 Å². The smallest absolute Gasteiger partial charge is 0.118 e. The molecule has 6 heteroatoms. The molecule has 0 aliphatic carbocycles. The third-order valence-corrected chi connectivity index (χ3v) is 4.09. The van der Waals surface area contributed by atoms with Crippen molar-refractivity contribution in [2.75, 3.05) is 20.1 Å². The average Bonchev–Trinajstić information content (AvgIpc) is 2.33. The highest BCUT2D eigenvalue weighted by atomic mass is 32.1. The molecule has 0 atom stereocenters. The van der Waals surface area contributed by atoms with Gasteiger partial charge in [-0.3, -0.25) is 5.41 Å². The SMILES string of the molecule is CN1CCC2(CC1)C(=C=N)C(=S)NC(N)=C2C#N. The summed E-state index contributed by atoms with van der Waals surface area (Å²) < 4.78 is 0. The topological polar surface area (TPSA) is 88.9 Å². The van der Waals surface area contributed by atoms with Gasteiger partial charge in [-0.1, -0.05) is 12.2 Å². The fourth-order valence-corrected chi connectivity index (χ4v) is 3.05. The molecule has 0 aromatic carbocycles. The van der Waals surface area contributed by atoms with Gasteiger partial charge in [-0.25, -0.2) is 0 Å². The molecule has 1 spiro atoms. The molecule has 2 rings (SSSR count). The molecule has 0 unspecified atom stereocenters. The Morgan fingerprint density at radius 3 is 2.61 bits per heavy atom. The van der Waals surface area contributed by atoms with E-state index in [1.165, 1.54) is 0 Å². The maximum atomic E-state index is 9.36. The molecule has 18 heavy (non-hydrogen) atoms. The van der Waals surface area contributed by atoms with Gasteiger partial charge in [-0.15, -0.1) is 0 Å². The fraction of sp³-hybridized carbons (Fsp3) is 0.500. The summed E-state index contributed by atoms with van der Waals surface area (Å²) in [6, 6.07) is 2.18. The van der Waals surface area contributed by atoms with Crippen molar-refractivity contribution < 1.29 is 0 Å². The lowest BCUT2D eigenvalue weighted by atomic mass is 9.66. The summed E-state index contributed by atoms with van der Waals surface area (Å²) >= 11 is 5.22. The van der Waals surface area contributed by atoms with Gasteiger partial charge >= 0.3 is 0 Å². The van der Waals surface area contributed by atoms with Crippen LogP contribution in [0.5, 0.6) is 0 Å². The van der Waals surface area contributed by atoms with E-state index < -0.39 is 5.41 Å². The summed E-state index contributed by atoms with van der Waals surface area (Å²) in [7, 11) is 2.04. The van der Waals surface area contributed by atoms with Gasteiger partial charge in [0.2, 0.25) is 0 Å². The standard InChI is InChI=1S/C12H15N5S/c1-17-4-2-12(3-5-17)8(6-13)10(15)16-11(18)9(12)7-14/h14H,2-5,15H2,1H3,(H,16,18). The summed E-state index contributed by atoms with van der Waals surface area (Å²) in [5.74, 6) is 2.74. The number of rotatable bonds is 0. The summed E-state index contributed by atoms with van der Waals surface area (Å²) in [6.07, 6.45) is 1.49. The first-order valence-corrected chi connectivity index (χ1v) is 6.16. The van der Waals surface area contributed by atoms with Gasteiger partial charge in [-0.2, -0.15) is 5.26 Å². The van der Waals surface area contributed by atoms with E-state index in [-0.39, 0.29) is 0 Å². The van der Waals surface area contributed by atoms with Crippen molar-refractivity contribution in [2.24, 2.45) is 11.1 Å². The molecule has 0 aromatic rings. The molecule has 4 N–H and O–H groups in total. The van der Waals surface area contributed by atoms with Crippen LogP contribution in [0.1, 0.15) is 12.8 Å². The third kappa shape index (κ3) is 1.73. The molecule has 0 amide bonds. The van der Waals surface area contributed by atoms with Crippen molar-refractivity contribution in [3.05, 3.63) is 17.0 Å². The number of nitrogens with zero attached hydrogens (tertiary/aromatic N) is 2. The largest absolute Gasteiger partial charge is 0.384 e. The summed E-state index contributed by atoms with van der Waals surface area (Å²) in [6.45, 7) is 1.71. The van der Waals surface area contributed by atoms with E-state index in [0.717, 1.165) is 25.9 Å². The number of allylic oxidation sites excluding steroid dienone is 1. The highest BCUT2D eigenvalue weighted by Gasteiger charge is 2.46. The van der Waals surface area contributed by atoms with E-state index >= 15 is 0 Å². The number of hydrogen-bond acceptors (Lipinski definition) is 5. The Labute approximate surface area is 111 Å². The zero-order valence-electron chi connectivity index (χ0n) is 10.2. The monoisotopic (exact) mass is 261 g/mol. The molecule has 5 nitrogen and oxygen atoms in total. The second-order valence-corrected chi connectivity index (χ2v) is 5.15. The van der Waals surface area contributed by atoms with Crippen molar-refractivity contribution in [2.45, 2.75) is 12.8 Å². The van der Waals surface area contributed by atoms with E-state index in [4.69, 9.17) is 23.4 Å². The Morgan fingerprint density at radius 1 is 1.50 bits per heavy atom. The zero-order valence-corrected chi connectivity index (χ0v) is 11.0. The van der Waals surface area contributed by atoms with Crippen LogP contribution >= 0.6 is 12.2 Å². The first kappa shape index (κ1) is 12.8. The number of nitrogens with two attached hydrogens (primary N) is 1. The van der Waals surface area contributed by atoms with Crippen LogP contribution in [0.2, 0.25) is 0 Å². The van der Waals surface area contributed by atoms with E-state index in [0.29, 0.717) is 22.0 Å². The number of nitrogens with one attached hydrogen (secondary N) is 2. The Hall–Kier alpha value is -1.67. The van der Waals surface area contributed by atoms with Crippen molar-refractivity contribution in [3.8, 4) is 6.07 Å². The second-order valence-electron chi connectivity index (χ2n) is 4.74. The van der Waals surface area contributed by atoms with Gasteiger partial charge in [0.05, 0.1) is 17.2 Å². The minimum atomic E-state index is -0.518. The van der Waals surface area contributed by atoms with Crippen LogP contribution in [-0.4, -0.2) is 35.9 Å². The van der Waals surface area contributed by atoms with E-state index in [2.05, 4.69) is 22.2 Å². The number of piperidine rings is 1. The lowest BCUT2D eigenvalue weighted by molar-refractivity contribution is 0.189. The van der Waals surface area contributed by atoms with Crippen LogP contribution in [0.3, 0.4) is 0 Å². The predicted octanol–water partition coefficient (Wildman–Crippen LogP) is 0.498. The number of thiocarbonyl (C=S) groups is 1. The highest BCUT2D eigenvalue weighted by molar-refractivity contribution is 7.80. The van der Waals surface area contributed by atoms with Crippen LogP contribution in [0, 0.1) is 22.2 Å². The van der Waals surface area contributed by atoms with Gasteiger partial charge < -0.3 is 16.0 Å². The van der Waals surface area contributed by atoms with E-state index in [1.807, 2.05) is 7.05 Å². The number of nitriles is 1. The van der Waals surface area contributed by atoms with Crippen LogP contribution in [0.25, 0.3) is 0 Å². The molecule has 0 bridgehead atoms. The second kappa shape index (κ2) is 4.54. The maximum Gasteiger partial charge on any atom is 0.118 e. The van der Waals surface area contributed by atoms with Gasteiger partial charge in [-0.05, 0) is 38.8 Å². The Morgan fingerprint density at radius 2 is 2.11 bits per heavy atom. The van der Waals surface area contributed by atoms with Crippen LogP contribution in [-0.2, 0) is 0 Å². The van der Waals surface area contributed by atoms with E-state index in [1.54, 1.807) is 0 Å². The summed E-state index contributed by atoms with van der Waals surface area (Å²) in [5.41, 5.74) is 6.45. The molecule has 2 aliphatic heterocycles. The molecule has 1 saturated heterocycles.